The van der Waals surface area contributed by atoms with Gasteiger partial charge in [0.15, 0.2) is 11.5 Å². The second-order valence-corrected chi connectivity index (χ2v) is 7.37. The Morgan fingerprint density at radius 1 is 0.929 bits per heavy atom. The predicted molar refractivity (Wildman–Crippen MR) is 106 cm³/mol. The largest absolute Gasteiger partial charge is 0.490 e. The molecule has 1 aliphatic heterocycles. The van der Waals surface area contributed by atoms with E-state index in [4.69, 9.17) is 14.2 Å². The molecular formula is C21H24N2O5. The van der Waals surface area contributed by atoms with Crippen molar-refractivity contribution in [3.63, 3.8) is 0 Å². The van der Waals surface area contributed by atoms with Gasteiger partial charge in [-0.25, -0.2) is 4.79 Å². The monoisotopic (exact) mass is 384 g/mol. The van der Waals surface area contributed by atoms with E-state index in [1.807, 2.05) is 0 Å². The van der Waals surface area contributed by atoms with Crippen molar-refractivity contribution in [1.82, 2.24) is 0 Å². The van der Waals surface area contributed by atoms with Gasteiger partial charge in [-0.1, -0.05) is 6.07 Å². The van der Waals surface area contributed by atoms with Crippen molar-refractivity contribution in [2.45, 2.75) is 32.8 Å². The average Bonchev–Trinajstić information content (AvgIpc) is 2.85. The third-order valence-corrected chi connectivity index (χ3v) is 3.78. The molecule has 2 aromatic rings. The Balaban J connectivity index is 1.68. The number of fused-ring (bicyclic) bond motifs is 1. The Morgan fingerprint density at radius 2 is 1.64 bits per heavy atom. The van der Waals surface area contributed by atoms with Crippen LogP contribution in [0.3, 0.4) is 0 Å². The first-order valence-electron chi connectivity index (χ1n) is 9.11. The minimum absolute atomic E-state index is 0.303. The molecule has 0 fully saturated rings. The Hall–Kier alpha value is -3.22. The maximum Gasteiger partial charge on any atom is 0.412 e. The molecule has 0 aliphatic carbocycles. The summed E-state index contributed by atoms with van der Waals surface area (Å²) in [5.74, 6) is 0.969. The maximum atomic E-state index is 12.6. The van der Waals surface area contributed by atoms with E-state index in [-0.39, 0.29) is 5.91 Å². The van der Waals surface area contributed by atoms with Crippen molar-refractivity contribution in [2.24, 2.45) is 0 Å². The fourth-order valence-corrected chi connectivity index (χ4v) is 2.60. The fourth-order valence-electron chi connectivity index (χ4n) is 2.60. The standard InChI is InChI=1S/C21H24N2O5/c1-21(2,3)28-20(25)23-15-7-4-6-14(12-15)19(24)22-16-8-9-17-18(13-16)27-11-5-10-26-17/h4,6-9,12-13H,5,10-11H2,1-3H3,(H,22,24)(H,23,25). The average molecular weight is 384 g/mol. The summed E-state index contributed by atoms with van der Waals surface area (Å²) in [6.45, 7) is 6.53. The van der Waals surface area contributed by atoms with E-state index in [1.165, 1.54) is 0 Å². The third-order valence-electron chi connectivity index (χ3n) is 3.78. The molecule has 7 heteroatoms. The lowest BCUT2D eigenvalue weighted by Crippen LogP contribution is -2.27. The Bertz CT molecular complexity index is 873. The summed E-state index contributed by atoms with van der Waals surface area (Å²) in [6.07, 6.45) is 0.237. The van der Waals surface area contributed by atoms with E-state index in [1.54, 1.807) is 63.2 Å². The molecule has 1 heterocycles. The van der Waals surface area contributed by atoms with Crippen molar-refractivity contribution in [3.8, 4) is 11.5 Å². The van der Waals surface area contributed by atoms with Gasteiger partial charge in [0.05, 0.1) is 13.2 Å². The summed E-state index contributed by atoms with van der Waals surface area (Å²) >= 11 is 0. The van der Waals surface area contributed by atoms with Crippen LogP contribution < -0.4 is 20.1 Å². The molecule has 28 heavy (non-hydrogen) atoms. The highest BCUT2D eigenvalue weighted by Crippen LogP contribution is 2.32. The van der Waals surface area contributed by atoms with Crippen molar-refractivity contribution in [3.05, 3.63) is 48.0 Å². The van der Waals surface area contributed by atoms with Gasteiger partial charge in [0.1, 0.15) is 5.60 Å². The number of benzene rings is 2. The minimum atomic E-state index is -0.601. The summed E-state index contributed by atoms with van der Waals surface area (Å²) in [6, 6.07) is 11.9. The normalized spacial score (nSPS) is 13.2. The first-order chi connectivity index (χ1) is 13.3. The fraction of sp³-hybridized carbons (Fsp3) is 0.333. The number of hydrogen-bond donors (Lipinski definition) is 2. The number of ether oxygens (including phenoxy) is 3. The van der Waals surface area contributed by atoms with Crippen LogP contribution in [0, 0.1) is 0 Å². The van der Waals surface area contributed by atoms with Crippen LogP contribution in [0.1, 0.15) is 37.6 Å². The number of rotatable bonds is 3. The van der Waals surface area contributed by atoms with Gasteiger partial charge < -0.3 is 19.5 Å². The summed E-state index contributed by atoms with van der Waals surface area (Å²) in [4.78, 5) is 24.5. The topological polar surface area (TPSA) is 85.9 Å². The molecule has 0 unspecified atom stereocenters. The van der Waals surface area contributed by atoms with Gasteiger partial charge in [0.25, 0.3) is 5.91 Å². The minimum Gasteiger partial charge on any atom is -0.490 e. The number of carbonyl (C=O) groups excluding carboxylic acids is 2. The molecule has 2 N–H and O–H groups in total. The molecule has 0 aromatic heterocycles. The van der Waals surface area contributed by atoms with E-state index < -0.39 is 11.7 Å². The van der Waals surface area contributed by atoms with E-state index in [0.29, 0.717) is 41.7 Å². The Labute approximate surface area is 164 Å². The quantitative estimate of drug-likeness (QED) is 0.817. The molecule has 1 aliphatic rings. The molecule has 0 saturated carbocycles. The van der Waals surface area contributed by atoms with E-state index in [0.717, 1.165) is 6.42 Å². The number of carbonyl (C=O) groups is 2. The highest BCUT2D eigenvalue weighted by Gasteiger charge is 2.17. The maximum absolute atomic E-state index is 12.6. The molecule has 2 aromatic carbocycles. The molecule has 0 spiro atoms. The zero-order valence-corrected chi connectivity index (χ0v) is 16.2. The second-order valence-electron chi connectivity index (χ2n) is 7.37. The molecule has 3 rings (SSSR count). The van der Waals surface area contributed by atoms with Crippen LogP contribution in [0.25, 0.3) is 0 Å². The van der Waals surface area contributed by atoms with Gasteiger partial charge in [0, 0.05) is 29.4 Å². The van der Waals surface area contributed by atoms with Crippen molar-refractivity contribution < 1.29 is 23.8 Å². The number of anilines is 2. The van der Waals surface area contributed by atoms with Crippen LogP contribution in [0.15, 0.2) is 42.5 Å². The predicted octanol–water partition coefficient (Wildman–Crippen LogP) is 4.45. The lowest BCUT2D eigenvalue weighted by Gasteiger charge is -2.19. The number of nitrogens with one attached hydrogen (secondary N) is 2. The summed E-state index contributed by atoms with van der Waals surface area (Å²) in [5, 5.41) is 5.46. The van der Waals surface area contributed by atoms with E-state index in [2.05, 4.69) is 10.6 Å². The smallest absolute Gasteiger partial charge is 0.412 e. The zero-order valence-electron chi connectivity index (χ0n) is 16.2. The lowest BCUT2D eigenvalue weighted by atomic mass is 10.1. The van der Waals surface area contributed by atoms with Crippen LogP contribution in [-0.2, 0) is 4.74 Å². The van der Waals surface area contributed by atoms with E-state index >= 15 is 0 Å². The van der Waals surface area contributed by atoms with Gasteiger partial charge >= 0.3 is 6.09 Å². The third kappa shape index (κ3) is 5.39. The van der Waals surface area contributed by atoms with Crippen molar-refractivity contribution >= 4 is 23.4 Å². The molecule has 0 atom stereocenters. The first kappa shape index (κ1) is 19.5. The highest BCUT2D eigenvalue weighted by molar-refractivity contribution is 6.05. The second kappa shape index (κ2) is 8.21. The molecule has 7 nitrogen and oxygen atoms in total. The van der Waals surface area contributed by atoms with Crippen LogP contribution >= 0.6 is 0 Å². The SMILES string of the molecule is CC(C)(C)OC(=O)Nc1cccc(C(=O)Nc2ccc3c(c2)OCCCO3)c1. The van der Waals surface area contributed by atoms with Crippen molar-refractivity contribution in [2.75, 3.05) is 23.8 Å². The molecule has 0 bridgehead atoms. The van der Waals surface area contributed by atoms with Crippen LogP contribution in [0.5, 0.6) is 11.5 Å². The van der Waals surface area contributed by atoms with Crippen LogP contribution in [0.4, 0.5) is 16.2 Å². The van der Waals surface area contributed by atoms with Gasteiger partial charge in [-0.2, -0.15) is 0 Å². The lowest BCUT2D eigenvalue weighted by molar-refractivity contribution is 0.0635. The van der Waals surface area contributed by atoms with E-state index in [9.17, 15) is 9.59 Å². The van der Waals surface area contributed by atoms with Gasteiger partial charge in [-0.3, -0.25) is 10.1 Å². The Kier molecular flexibility index (Phi) is 5.73. The Morgan fingerprint density at radius 3 is 2.39 bits per heavy atom. The molecule has 0 saturated heterocycles. The summed E-state index contributed by atoms with van der Waals surface area (Å²) < 4.78 is 16.5. The zero-order chi connectivity index (χ0) is 20.1. The van der Waals surface area contributed by atoms with Gasteiger partial charge in [0.2, 0.25) is 0 Å². The summed E-state index contributed by atoms with van der Waals surface area (Å²) in [5.41, 5.74) is 0.872. The first-order valence-corrected chi connectivity index (χ1v) is 9.11. The van der Waals surface area contributed by atoms with Crippen LogP contribution in [0.2, 0.25) is 0 Å². The molecule has 0 radical (unpaired) electrons. The van der Waals surface area contributed by atoms with Gasteiger partial charge in [-0.05, 0) is 51.1 Å². The molecule has 2 amide bonds. The molecule has 148 valence electrons. The highest BCUT2D eigenvalue weighted by atomic mass is 16.6. The number of hydrogen-bond acceptors (Lipinski definition) is 5. The summed E-state index contributed by atoms with van der Waals surface area (Å²) in [7, 11) is 0. The van der Waals surface area contributed by atoms with Crippen LogP contribution in [-0.4, -0.2) is 30.8 Å². The van der Waals surface area contributed by atoms with Gasteiger partial charge in [-0.15, -0.1) is 0 Å². The number of amides is 2. The molecular weight excluding hydrogens is 360 g/mol. The van der Waals surface area contributed by atoms with Crippen molar-refractivity contribution in [1.29, 1.82) is 0 Å².